The molecule has 0 aromatic heterocycles. The second-order valence-electron chi connectivity index (χ2n) is 6.33. The maximum absolute atomic E-state index is 13.4. The molecule has 21 heavy (non-hydrogen) atoms. The molecule has 0 spiro atoms. The van der Waals surface area contributed by atoms with Gasteiger partial charge in [0.25, 0.3) is 0 Å². The van der Waals surface area contributed by atoms with Crippen molar-refractivity contribution in [2.45, 2.75) is 38.7 Å². The van der Waals surface area contributed by atoms with Crippen molar-refractivity contribution in [3.05, 3.63) is 69.4 Å². The smallest absolute Gasteiger partial charge is 0.124 e. The van der Waals surface area contributed by atoms with E-state index in [0.717, 1.165) is 16.7 Å². The fourth-order valence-electron chi connectivity index (χ4n) is 2.53. The van der Waals surface area contributed by atoms with Gasteiger partial charge in [-0.05, 0) is 40.3 Å². The molecule has 2 rings (SSSR count). The molecular formula is C18H20BrFO. The topological polar surface area (TPSA) is 20.2 Å². The number of aliphatic hydroxyl groups is 1. The monoisotopic (exact) mass is 350 g/mol. The first kappa shape index (κ1) is 16.2. The standard InChI is InChI=1S/C18H20BrFO/c1-18(2,3)16-7-5-4-6-15(16)17(21)10-12-8-13(19)11-14(20)9-12/h4-9,11,17,21H,10H2,1-3H3. The number of benzene rings is 2. The van der Waals surface area contributed by atoms with Crippen molar-refractivity contribution in [3.8, 4) is 0 Å². The van der Waals surface area contributed by atoms with Crippen molar-refractivity contribution in [1.82, 2.24) is 0 Å². The molecule has 1 N–H and O–H groups in total. The largest absolute Gasteiger partial charge is 0.388 e. The molecule has 3 heteroatoms. The Bertz CT molecular complexity index is 611. The van der Waals surface area contributed by atoms with E-state index in [1.54, 1.807) is 0 Å². The van der Waals surface area contributed by atoms with E-state index in [9.17, 15) is 9.50 Å². The maximum atomic E-state index is 13.4. The molecule has 0 saturated heterocycles. The quantitative estimate of drug-likeness (QED) is 0.810. The first-order chi connectivity index (χ1) is 9.77. The van der Waals surface area contributed by atoms with Gasteiger partial charge in [0.2, 0.25) is 0 Å². The van der Waals surface area contributed by atoms with E-state index >= 15 is 0 Å². The summed E-state index contributed by atoms with van der Waals surface area (Å²) in [5.74, 6) is -0.296. The Kier molecular flexibility index (Phi) is 4.84. The van der Waals surface area contributed by atoms with Crippen LogP contribution in [0.4, 0.5) is 4.39 Å². The molecule has 0 aliphatic carbocycles. The molecule has 2 aromatic rings. The van der Waals surface area contributed by atoms with E-state index in [4.69, 9.17) is 0 Å². The Morgan fingerprint density at radius 3 is 2.43 bits per heavy atom. The van der Waals surface area contributed by atoms with Crippen LogP contribution in [0.1, 0.15) is 43.6 Å². The lowest BCUT2D eigenvalue weighted by Crippen LogP contribution is -2.17. The van der Waals surface area contributed by atoms with Crippen LogP contribution in [-0.4, -0.2) is 5.11 Å². The zero-order chi connectivity index (χ0) is 15.6. The molecule has 0 aliphatic rings. The molecule has 0 amide bonds. The molecule has 0 radical (unpaired) electrons. The van der Waals surface area contributed by atoms with E-state index in [1.165, 1.54) is 12.1 Å². The summed E-state index contributed by atoms with van der Waals surface area (Å²) in [6, 6.07) is 12.6. The van der Waals surface area contributed by atoms with Crippen LogP contribution in [0, 0.1) is 5.82 Å². The zero-order valence-corrected chi connectivity index (χ0v) is 14.1. The van der Waals surface area contributed by atoms with Gasteiger partial charge in [0.05, 0.1) is 6.10 Å². The number of aliphatic hydroxyl groups excluding tert-OH is 1. The van der Waals surface area contributed by atoms with Crippen molar-refractivity contribution in [2.75, 3.05) is 0 Å². The van der Waals surface area contributed by atoms with Crippen LogP contribution in [0.2, 0.25) is 0 Å². The highest BCUT2D eigenvalue weighted by Crippen LogP contribution is 2.31. The lowest BCUT2D eigenvalue weighted by Gasteiger charge is -2.25. The molecule has 0 aliphatic heterocycles. The predicted octanol–water partition coefficient (Wildman–Crippen LogP) is 5.16. The van der Waals surface area contributed by atoms with E-state index in [2.05, 4.69) is 36.7 Å². The third-order valence-electron chi connectivity index (χ3n) is 3.48. The van der Waals surface area contributed by atoms with Crippen LogP contribution < -0.4 is 0 Å². The summed E-state index contributed by atoms with van der Waals surface area (Å²) in [6.07, 6.45) is -0.252. The average Bonchev–Trinajstić information content (AvgIpc) is 2.36. The number of hydrogen-bond donors (Lipinski definition) is 1. The number of rotatable bonds is 3. The zero-order valence-electron chi connectivity index (χ0n) is 12.5. The molecule has 1 unspecified atom stereocenters. The SMILES string of the molecule is CC(C)(C)c1ccccc1C(O)Cc1cc(F)cc(Br)c1. The highest BCUT2D eigenvalue weighted by molar-refractivity contribution is 9.10. The maximum Gasteiger partial charge on any atom is 0.124 e. The highest BCUT2D eigenvalue weighted by Gasteiger charge is 2.21. The summed E-state index contributed by atoms with van der Waals surface area (Å²) in [7, 11) is 0. The summed E-state index contributed by atoms with van der Waals surface area (Å²) in [4.78, 5) is 0. The van der Waals surface area contributed by atoms with Crippen molar-refractivity contribution in [2.24, 2.45) is 0 Å². The van der Waals surface area contributed by atoms with E-state index in [0.29, 0.717) is 10.9 Å². The fourth-order valence-corrected chi connectivity index (χ4v) is 3.05. The van der Waals surface area contributed by atoms with Gasteiger partial charge in [-0.15, -0.1) is 0 Å². The Balaban J connectivity index is 2.31. The Hall–Kier alpha value is -1.19. The van der Waals surface area contributed by atoms with Crippen molar-refractivity contribution < 1.29 is 9.50 Å². The second-order valence-corrected chi connectivity index (χ2v) is 7.25. The van der Waals surface area contributed by atoms with Crippen molar-refractivity contribution in [3.63, 3.8) is 0 Å². The molecule has 2 aromatic carbocycles. The minimum Gasteiger partial charge on any atom is -0.388 e. The Morgan fingerprint density at radius 1 is 1.14 bits per heavy atom. The summed E-state index contributed by atoms with van der Waals surface area (Å²) in [6.45, 7) is 6.37. The summed E-state index contributed by atoms with van der Waals surface area (Å²) in [5.41, 5.74) is 2.76. The highest BCUT2D eigenvalue weighted by atomic mass is 79.9. The number of hydrogen-bond acceptors (Lipinski definition) is 1. The first-order valence-electron chi connectivity index (χ1n) is 7.00. The van der Waals surface area contributed by atoms with Crippen LogP contribution in [0.15, 0.2) is 46.9 Å². The van der Waals surface area contributed by atoms with Crippen LogP contribution in [0.25, 0.3) is 0 Å². The molecule has 0 heterocycles. The Labute approximate surface area is 134 Å². The van der Waals surface area contributed by atoms with Gasteiger partial charge in [0, 0.05) is 10.9 Å². The lowest BCUT2D eigenvalue weighted by molar-refractivity contribution is 0.176. The molecule has 1 atom stereocenters. The molecule has 112 valence electrons. The van der Waals surface area contributed by atoms with Crippen molar-refractivity contribution in [1.29, 1.82) is 0 Å². The summed E-state index contributed by atoms with van der Waals surface area (Å²) >= 11 is 3.28. The van der Waals surface area contributed by atoms with Gasteiger partial charge in [-0.2, -0.15) is 0 Å². The van der Waals surface area contributed by atoms with E-state index in [1.807, 2.05) is 30.3 Å². The molecule has 0 fully saturated rings. The third-order valence-corrected chi connectivity index (χ3v) is 3.94. The summed E-state index contributed by atoms with van der Waals surface area (Å²) in [5, 5.41) is 10.6. The number of halogens is 2. The Morgan fingerprint density at radius 2 is 1.81 bits per heavy atom. The molecular weight excluding hydrogens is 331 g/mol. The van der Waals surface area contributed by atoms with Crippen LogP contribution >= 0.6 is 15.9 Å². The van der Waals surface area contributed by atoms with Gasteiger partial charge < -0.3 is 5.11 Å². The molecule has 0 bridgehead atoms. The van der Waals surface area contributed by atoms with Crippen LogP contribution in [0.3, 0.4) is 0 Å². The van der Waals surface area contributed by atoms with E-state index < -0.39 is 6.10 Å². The van der Waals surface area contributed by atoms with Gasteiger partial charge in [0.1, 0.15) is 5.82 Å². The first-order valence-corrected chi connectivity index (χ1v) is 7.79. The fraction of sp³-hybridized carbons (Fsp3) is 0.333. The van der Waals surface area contributed by atoms with Gasteiger partial charge in [-0.1, -0.05) is 61.0 Å². The van der Waals surface area contributed by atoms with Gasteiger partial charge in [-0.25, -0.2) is 4.39 Å². The lowest BCUT2D eigenvalue weighted by atomic mass is 9.81. The minimum absolute atomic E-state index is 0.0416. The molecule has 0 saturated carbocycles. The minimum atomic E-state index is -0.644. The predicted molar refractivity (Wildman–Crippen MR) is 87.9 cm³/mol. The van der Waals surface area contributed by atoms with Gasteiger partial charge in [-0.3, -0.25) is 0 Å². The van der Waals surface area contributed by atoms with Crippen molar-refractivity contribution >= 4 is 15.9 Å². The third kappa shape index (κ3) is 4.14. The average molecular weight is 351 g/mol. The van der Waals surface area contributed by atoms with E-state index in [-0.39, 0.29) is 11.2 Å². The molecule has 1 nitrogen and oxygen atoms in total. The van der Waals surface area contributed by atoms with Crippen LogP contribution in [-0.2, 0) is 11.8 Å². The normalized spacial score (nSPS) is 13.2. The van der Waals surface area contributed by atoms with Gasteiger partial charge >= 0.3 is 0 Å². The summed E-state index contributed by atoms with van der Waals surface area (Å²) < 4.78 is 14.1. The second kappa shape index (κ2) is 6.29. The van der Waals surface area contributed by atoms with Gasteiger partial charge in [0.15, 0.2) is 0 Å². The van der Waals surface area contributed by atoms with Crippen LogP contribution in [0.5, 0.6) is 0 Å².